The molecule has 0 bridgehead atoms. The van der Waals surface area contributed by atoms with Crippen molar-refractivity contribution in [2.24, 2.45) is 0 Å². The van der Waals surface area contributed by atoms with Crippen molar-refractivity contribution in [3.05, 3.63) is 182 Å². The zero-order chi connectivity index (χ0) is 25.8. The third-order valence-electron chi connectivity index (χ3n) is 6.02. The maximum atomic E-state index is 3.20. The van der Waals surface area contributed by atoms with Gasteiger partial charge in [-0.25, -0.2) is 0 Å². The average Bonchev–Trinajstić information content (AvgIpc) is 3.01. The molecule has 5 heteroatoms. The van der Waals surface area contributed by atoms with E-state index >= 15 is 0 Å². The van der Waals surface area contributed by atoms with Crippen LogP contribution in [0.25, 0.3) is 0 Å². The number of hydrogen-bond donors (Lipinski definition) is 0. The third-order valence-corrected chi connectivity index (χ3v) is 10.9. The van der Waals surface area contributed by atoms with E-state index in [0.717, 1.165) is 0 Å². The van der Waals surface area contributed by atoms with Crippen LogP contribution in [0.1, 0.15) is 0 Å². The van der Waals surface area contributed by atoms with Gasteiger partial charge in [-0.15, -0.1) is 5.30 Å². The van der Waals surface area contributed by atoms with Crippen molar-refractivity contribution in [3.8, 4) is 0 Å². The summed E-state index contributed by atoms with van der Waals surface area (Å²) in [6, 6.07) is 65.3. The van der Waals surface area contributed by atoms with Gasteiger partial charge in [0.1, 0.15) is 0 Å². The van der Waals surface area contributed by atoms with Crippen LogP contribution >= 0.6 is 15.8 Å². The van der Waals surface area contributed by atoms with Crippen LogP contribution in [0.15, 0.2) is 176 Å². The molecule has 0 aromatic heterocycles. The summed E-state index contributed by atoms with van der Waals surface area (Å²) in [6.45, 7) is 0. The van der Waals surface area contributed by atoms with E-state index < -0.39 is 15.8 Å². The molecule has 208 valence electrons. The fraction of sp³-hybridized carbons (Fsp3) is 0. The molecule has 0 atom stereocenters. The molecule has 0 unspecified atom stereocenters. The quantitative estimate of drug-likeness (QED) is 0.137. The van der Waals surface area contributed by atoms with Crippen molar-refractivity contribution in [1.29, 1.82) is 0 Å². The maximum absolute atomic E-state index is 3.20. The topological polar surface area (TPSA) is 0 Å². The molecule has 0 nitrogen and oxygen atoms in total. The summed E-state index contributed by atoms with van der Waals surface area (Å²) in [6.07, 6.45) is 0. The SMILES string of the molecule is [Cl-].[Cl-].[Pd+2].[c-]1cccc(P(c2ccccc2)c2ccccc2)c1.c1ccc(P(c2ccccc2)c2ccccc2)cc1. The first-order valence-electron chi connectivity index (χ1n) is 12.7. The van der Waals surface area contributed by atoms with E-state index in [2.05, 4.69) is 176 Å². The van der Waals surface area contributed by atoms with Gasteiger partial charge in [-0.2, -0.15) is 30.3 Å². The second-order valence-electron chi connectivity index (χ2n) is 8.61. The van der Waals surface area contributed by atoms with E-state index in [-0.39, 0.29) is 45.2 Å². The molecule has 41 heavy (non-hydrogen) atoms. The minimum atomic E-state index is -0.477. The summed E-state index contributed by atoms with van der Waals surface area (Å²) >= 11 is 0. The number of halogens is 2. The standard InChI is InChI=1S/C18H15P.C18H14P.2ClH.Pd/c2*1-4-10-16(11-5-1)19(17-12-6-2-7-13-17)18-14-8-3-9-15-18;;;/h1-15H;1-8,10-15H;2*1H;/q;-1;;;+2/p-2. The fourth-order valence-electron chi connectivity index (χ4n) is 4.30. The average molecular weight is 701 g/mol. The van der Waals surface area contributed by atoms with E-state index in [9.17, 15) is 0 Å². The molecule has 0 saturated heterocycles. The molecule has 0 aliphatic rings. The van der Waals surface area contributed by atoms with Crippen LogP contribution in [0.3, 0.4) is 0 Å². The Morgan fingerprint density at radius 1 is 0.317 bits per heavy atom. The summed E-state index contributed by atoms with van der Waals surface area (Å²) in [5.74, 6) is 0. The molecule has 0 spiro atoms. The molecule has 0 amide bonds. The Kier molecular flexibility index (Phi) is 15.9. The summed E-state index contributed by atoms with van der Waals surface area (Å²) in [5, 5.41) is 8.29. The zero-order valence-corrected chi connectivity index (χ0v) is 27.1. The van der Waals surface area contributed by atoms with Gasteiger partial charge in [0.25, 0.3) is 0 Å². The molecule has 0 N–H and O–H groups in total. The minimum Gasteiger partial charge on any atom is -1.00 e. The molecule has 6 aromatic rings. The predicted molar refractivity (Wildman–Crippen MR) is 169 cm³/mol. The summed E-state index contributed by atoms with van der Waals surface area (Å²) in [4.78, 5) is 0. The first kappa shape index (κ1) is 34.6. The molecule has 0 fully saturated rings. The van der Waals surface area contributed by atoms with Gasteiger partial charge < -0.3 is 24.8 Å². The Morgan fingerprint density at radius 3 is 0.805 bits per heavy atom. The second kappa shape index (κ2) is 18.8. The Bertz CT molecular complexity index is 1180. The molecule has 0 aliphatic carbocycles. The molecule has 6 aromatic carbocycles. The number of rotatable bonds is 6. The Labute approximate surface area is 273 Å². The minimum absolute atomic E-state index is 0. The third kappa shape index (κ3) is 9.74. The zero-order valence-electron chi connectivity index (χ0n) is 22.2. The van der Waals surface area contributed by atoms with Gasteiger partial charge in [-0.3, -0.25) is 0 Å². The first-order chi connectivity index (χ1) is 18.9. The van der Waals surface area contributed by atoms with E-state index in [1.54, 1.807) is 0 Å². The fourth-order valence-corrected chi connectivity index (χ4v) is 8.88. The largest absolute Gasteiger partial charge is 2.00 e. The maximum Gasteiger partial charge on any atom is 2.00 e. The van der Waals surface area contributed by atoms with Crippen LogP contribution < -0.4 is 56.6 Å². The normalized spacial score (nSPS) is 9.80. The number of hydrogen-bond acceptors (Lipinski definition) is 0. The van der Waals surface area contributed by atoms with Crippen molar-refractivity contribution in [1.82, 2.24) is 0 Å². The molecular formula is C36H29Cl2P2Pd-. The Hall–Kier alpha value is -2.58. The summed E-state index contributed by atoms with van der Waals surface area (Å²) < 4.78 is 0. The van der Waals surface area contributed by atoms with Gasteiger partial charge in [0, 0.05) is 0 Å². The molecule has 0 radical (unpaired) electrons. The van der Waals surface area contributed by atoms with Gasteiger partial charge in [-0.05, 0) is 34.4 Å². The van der Waals surface area contributed by atoms with Crippen LogP contribution in [0.4, 0.5) is 0 Å². The van der Waals surface area contributed by atoms with Crippen molar-refractivity contribution < 1.29 is 45.2 Å². The van der Waals surface area contributed by atoms with Crippen molar-refractivity contribution >= 4 is 47.7 Å². The van der Waals surface area contributed by atoms with Crippen molar-refractivity contribution in [3.63, 3.8) is 0 Å². The summed E-state index contributed by atoms with van der Waals surface area (Å²) in [7, 11) is -0.923. The Balaban J connectivity index is 0.000000267. The summed E-state index contributed by atoms with van der Waals surface area (Å²) in [5.41, 5.74) is 0. The molecular weight excluding hydrogens is 672 g/mol. The van der Waals surface area contributed by atoms with Crippen LogP contribution in [0, 0.1) is 6.07 Å². The van der Waals surface area contributed by atoms with Crippen molar-refractivity contribution in [2.45, 2.75) is 0 Å². The van der Waals surface area contributed by atoms with Gasteiger partial charge in [0.05, 0.1) is 0 Å². The predicted octanol–water partition coefficient (Wildman–Crippen LogP) is 0.695. The van der Waals surface area contributed by atoms with E-state index in [4.69, 9.17) is 0 Å². The van der Waals surface area contributed by atoms with Gasteiger partial charge in [0.15, 0.2) is 0 Å². The molecule has 0 aliphatic heterocycles. The van der Waals surface area contributed by atoms with Crippen LogP contribution in [-0.4, -0.2) is 0 Å². The molecule has 6 rings (SSSR count). The van der Waals surface area contributed by atoms with Crippen LogP contribution in [-0.2, 0) is 20.4 Å². The monoisotopic (exact) mass is 699 g/mol. The molecule has 0 saturated carbocycles. The second-order valence-corrected chi connectivity index (χ2v) is 13.1. The molecule has 0 heterocycles. The smallest absolute Gasteiger partial charge is 1.00 e. The van der Waals surface area contributed by atoms with E-state index in [0.29, 0.717) is 0 Å². The number of benzene rings is 6. The van der Waals surface area contributed by atoms with E-state index in [1.165, 1.54) is 31.8 Å². The van der Waals surface area contributed by atoms with Gasteiger partial charge >= 0.3 is 20.4 Å². The van der Waals surface area contributed by atoms with E-state index in [1.807, 2.05) is 6.07 Å². The van der Waals surface area contributed by atoms with Crippen LogP contribution in [0.5, 0.6) is 0 Å². The Morgan fingerprint density at radius 2 is 0.561 bits per heavy atom. The van der Waals surface area contributed by atoms with Crippen LogP contribution in [0.2, 0.25) is 0 Å². The first-order valence-corrected chi connectivity index (χ1v) is 15.4. The van der Waals surface area contributed by atoms with Gasteiger partial charge in [-0.1, -0.05) is 160 Å². The van der Waals surface area contributed by atoms with Gasteiger partial charge in [0.2, 0.25) is 0 Å². The van der Waals surface area contributed by atoms with Crippen molar-refractivity contribution in [2.75, 3.05) is 0 Å².